The molecule has 1 heterocycles. The number of aromatic nitrogens is 1. The van der Waals surface area contributed by atoms with Gasteiger partial charge < -0.3 is 10.5 Å². The normalized spacial score (nSPS) is 10.1. The average Bonchev–Trinajstić information content (AvgIpc) is 2.65. The Hall–Kier alpha value is -1.55. The summed E-state index contributed by atoms with van der Waals surface area (Å²) in [5.41, 5.74) is 8.47. The Morgan fingerprint density at radius 2 is 2.29 bits per heavy atom. The largest absolute Gasteiger partial charge is 0.480 e. The molecule has 0 radical (unpaired) electrons. The van der Waals surface area contributed by atoms with Gasteiger partial charge in [0.2, 0.25) is 5.88 Å². The van der Waals surface area contributed by atoms with Gasteiger partial charge in [0, 0.05) is 11.1 Å². The van der Waals surface area contributed by atoms with Crippen LogP contribution in [-0.2, 0) is 0 Å². The molecule has 1 aromatic carbocycles. The molecule has 2 N–H and O–H groups in total. The van der Waals surface area contributed by atoms with E-state index in [-0.39, 0.29) is 0 Å². The average molecular weight is 206 g/mol. The van der Waals surface area contributed by atoms with Gasteiger partial charge >= 0.3 is 0 Å². The highest BCUT2D eigenvalue weighted by Crippen LogP contribution is 2.31. The second-order valence-electron chi connectivity index (χ2n) is 2.86. The number of nitrogen functional groups attached to an aromatic ring is 1. The summed E-state index contributed by atoms with van der Waals surface area (Å²) in [6.07, 6.45) is 0. The molecule has 2 rings (SSSR count). The number of benzene rings is 1. The van der Waals surface area contributed by atoms with Crippen LogP contribution in [-0.4, -0.2) is 11.5 Å². The minimum atomic E-state index is 0.653. The van der Waals surface area contributed by atoms with Crippen molar-refractivity contribution in [1.82, 2.24) is 4.37 Å². The van der Waals surface area contributed by atoms with E-state index in [4.69, 9.17) is 10.5 Å². The molecule has 2 aromatic rings. The van der Waals surface area contributed by atoms with Crippen LogP contribution in [0.1, 0.15) is 0 Å². The number of methoxy groups -OCH3 is 1. The van der Waals surface area contributed by atoms with Crippen LogP contribution in [0.4, 0.5) is 5.69 Å². The lowest BCUT2D eigenvalue weighted by atomic mass is 10.1. The van der Waals surface area contributed by atoms with Gasteiger partial charge in [-0.1, -0.05) is 12.1 Å². The third-order valence-corrected chi connectivity index (χ3v) is 2.54. The molecular formula is C10H10N2OS. The van der Waals surface area contributed by atoms with Crippen molar-refractivity contribution in [2.45, 2.75) is 0 Å². The van der Waals surface area contributed by atoms with E-state index in [2.05, 4.69) is 4.37 Å². The summed E-state index contributed by atoms with van der Waals surface area (Å²) in [5.74, 6) is 0.653. The second-order valence-corrected chi connectivity index (χ2v) is 3.49. The Kier molecular flexibility index (Phi) is 2.37. The van der Waals surface area contributed by atoms with Crippen molar-refractivity contribution in [3.05, 3.63) is 29.6 Å². The van der Waals surface area contributed by atoms with Crippen molar-refractivity contribution >= 4 is 17.2 Å². The summed E-state index contributed by atoms with van der Waals surface area (Å²) in [5, 5.41) is 1.95. The molecule has 0 aliphatic carbocycles. The van der Waals surface area contributed by atoms with E-state index in [1.54, 1.807) is 7.11 Å². The number of hydrogen-bond acceptors (Lipinski definition) is 4. The SMILES string of the molecule is COc1nscc1-c1cccc(N)c1. The Morgan fingerprint density at radius 3 is 3.00 bits per heavy atom. The molecule has 72 valence electrons. The van der Waals surface area contributed by atoms with E-state index >= 15 is 0 Å². The number of ether oxygens (including phenoxy) is 1. The van der Waals surface area contributed by atoms with Crippen molar-refractivity contribution in [2.75, 3.05) is 12.8 Å². The number of hydrogen-bond donors (Lipinski definition) is 1. The zero-order valence-corrected chi connectivity index (χ0v) is 8.54. The minimum Gasteiger partial charge on any atom is -0.480 e. The van der Waals surface area contributed by atoms with Gasteiger partial charge in [0.15, 0.2) is 0 Å². The van der Waals surface area contributed by atoms with Crippen molar-refractivity contribution in [1.29, 1.82) is 0 Å². The highest BCUT2D eigenvalue weighted by atomic mass is 32.1. The quantitative estimate of drug-likeness (QED) is 0.767. The molecule has 0 aliphatic rings. The topological polar surface area (TPSA) is 48.1 Å². The fourth-order valence-corrected chi connectivity index (χ4v) is 1.94. The Labute approximate surface area is 86.3 Å². The first-order valence-corrected chi connectivity index (χ1v) is 4.99. The molecule has 0 unspecified atom stereocenters. The van der Waals surface area contributed by atoms with Gasteiger partial charge in [-0.05, 0) is 29.2 Å². The van der Waals surface area contributed by atoms with Gasteiger partial charge in [-0.2, -0.15) is 4.37 Å². The molecule has 14 heavy (non-hydrogen) atoms. The van der Waals surface area contributed by atoms with Crippen LogP contribution in [0.25, 0.3) is 11.1 Å². The second kappa shape index (κ2) is 3.67. The molecule has 0 amide bonds. The van der Waals surface area contributed by atoms with Gasteiger partial charge in [0.1, 0.15) is 0 Å². The summed E-state index contributed by atoms with van der Waals surface area (Å²) in [6.45, 7) is 0. The molecule has 0 aliphatic heterocycles. The van der Waals surface area contributed by atoms with Crippen molar-refractivity contribution < 1.29 is 4.74 Å². The van der Waals surface area contributed by atoms with Gasteiger partial charge in [-0.25, -0.2) is 0 Å². The molecule has 0 saturated heterocycles. The summed E-state index contributed by atoms with van der Waals surface area (Å²) < 4.78 is 9.26. The summed E-state index contributed by atoms with van der Waals surface area (Å²) >= 11 is 1.38. The smallest absolute Gasteiger partial charge is 0.232 e. The number of rotatable bonds is 2. The van der Waals surface area contributed by atoms with Gasteiger partial charge in [-0.3, -0.25) is 0 Å². The molecule has 0 fully saturated rings. The minimum absolute atomic E-state index is 0.653. The predicted octanol–water partition coefficient (Wildman–Crippen LogP) is 2.40. The van der Waals surface area contributed by atoms with E-state index in [1.807, 2.05) is 29.6 Å². The monoisotopic (exact) mass is 206 g/mol. The zero-order valence-electron chi connectivity index (χ0n) is 7.73. The maximum absolute atomic E-state index is 5.70. The van der Waals surface area contributed by atoms with Crippen LogP contribution >= 0.6 is 11.5 Å². The third kappa shape index (κ3) is 1.56. The molecule has 0 saturated carbocycles. The van der Waals surface area contributed by atoms with Crippen LogP contribution in [0.15, 0.2) is 29.6 Å². The van der Waals surface area contributed by atoms with Gasteiger partial charge in [0.25, 0.3) is 0 Å². The number of nitrogens with zero attached hydrogens (tertiary/aromatic N) is 1. The lowest BCUT2D eigenvalue weighted by molar-refractivity contribution is 0.404. The predicted molar refractivity (Wildman–Crippen MR) is 58.5 cm³/mol. The zero-order chi connectivity index (χ0) is 9.97. The summed E-state index contributed by atoms with van der Waals surface area (Å²) in [6, 6.07) is 7.67. The molecule has 4 heteroatoms. The van der Waals surface area contributed by atoms with E-state index in [0.29, 0.717) is 5.88 Å². The van der Waals surface area contributed by atoms with Crippen molar-refractivity contribution in [2.24, 2.45) is 0 Å². The van der Waals surface area contributed by atoms with Gasteiger partial charge in [-0.15, -0.1) is 0 Å². The Bertz CT molecular complexity index is 439. The number of anilines is 1. The molecule has 0 spiro atoms. The molecule has 0 bridgehead atoms. The Morgan fingerprint density at radius 1 is 1.43 bits per heavy atom. The lowest BCUT2D eigenvalue weighted by Crippen LogP contribution is -1.87. The van der Waals surface area contributed by atoms with Gasteiger partial charge in [0.05, 0.1) is 12.7 Å². The Balaban J connectivity index is 2.49. The third-order valence-electron chi connectivity index (χ3n) is 1.93. The first-order chi connectivity index (χ1) is 6.81. The lowest BCUT2D eigenvalue weighted by Gasteiger charge is -2.01. The van der Waals surface area contributed by atoms with Crippen LogP contribution in [0, 0.1) is 0 Å². The first-order valence-electron chi connectivity index (χ1n) is 4.15. The van der Waals surface area contributed by atoms with E-state index < -0.39 is 0 Å². The molecule has 3 nitrogen and oxygen atoms in total. The van der Waals surface area contributed by atoms with E-state index in [0.717, 1.165) is 16.8 Å². The highest BCUT2D eigenvalue weighted by Gasteiger charge is 2.07. The summed E-state index contributed by atoms with van der Waals surface area (Å²) in [4.78, 5) is 0. The van der Waals surface area contributed by atoms with Crippen molar-refractivity contribution in [3.63, 3.8) is 0 Å². The van der Waals surface area contributed by atoms with Crippen LogP contribution in [0.5, 0.6) is 5.88 Å². The fraction of sp³-hybridized carbons (Fsp3) is 0.100. The standard InChI is InChI=1S/C10H10N2OS/c1-13-10-9(6-14-12-10)7-3-2-4-8(11)5-7/h2-6H,11H2,1H3. The highest BCUT2D eigenvalue weighted by molar-refractivity contribution is 7.04. The molecular weight excluding hydrogens is 196 g/mol. The van der Waals surface area contributed by atoms with Crippen LogP contribution in [0.2, 0.25) is 0 Å². The maximum atomic E-state index is 5.70. The molecule has 0 atom stereocenters. The maximum Gasteiger partial charge on any atom is 0.232 e. The van der Waals surface area contributed by atoms with Crippen LogP contribution in [0.3, 0.4) is 0 Å². The van der Waals surface area contributed by atoms with E-state index in [9.17, 15) is 0 Å². The first kappa shape index (κ1) is 9.02. The summed E-state index contributed by atoms with van der Waals surface area (Å²) in [7, 11) is 1.62. The van der Waals surface area contributed by atoms with Crippen LogP contribution < -0.4 is 10.5 Å². The van der Waals surface area contributed by atoms with Crippen molar-refractivity contribution in [3.8, 4) is 17.0 Å². The molecule has 1 aromatic heterocycles. The number of nitrogens with two attached hydrogens (primary N) is 1. The van der Waals surface area contributed by atoms with E-state index in [1.165, 1.54) is 11.5 Å². The fourth-order valence-electron chi connectivity index (χ4n) is 1.27.